The first-order chi connectivity index (χ1) is 14.3. The van der Waals surface area contributed by atoms with E-state index in [0.29, 0.717) is 6.04 Å². The molecule has 2 aromatic carbocycles. The molecule has 4 rings (SSSR count). The van der Waals surface area contributed by atoms with E-state index >= 15 is 0 Å². The van der Waals surface area contributed by atoms with Crippen molar-refractivity contribution in [2.75, 3.05) is 6.61 Å². The summed E-state index contributed by atoms with van der Waals surface area (Å²) in [6, 6.07) is 22.3. The summed E-state index contributed by atoms with van der Waals surface area (Å²) in [5.41, 5.74) is 3.89. The van der Waals surface area contributed by atoms with Gasteiger partial charge in [0, 0.05) is 0 Å². The first-order valence-electron chi connectivity index (χ1n) is 11.4. The number of benzene rings is 2. The normalized spacial score (nSPS) is 23.3. The van der Waals surface area contributed by atoms with Gasteiger partial charge < -0.3 is 4.43 Å². The molecule has 2 aromatic rings. The van der Waals surface area contributed by atoms with Crippen LogP contribution in [0.15, 0.2) is 65.7 Å². The zero-order valence-electron chi connectivity index (χ0n) is 19.1. The second-order valence-corrected chi connectivity index (χ2v) is 15.1. The van der Waals surface area contributed by atoms with Gasteiger partial charge in [-0.2, -0.15) is 0 Å². The monoisotopic (exact) mass is 420 g/mol. The highest BCUT2D eigenvalue weighted by atomic mass is 28.4. The van der Waals surface area contributed by atoms with Gasteiger partial charge in [-0.25, -0.2) is 0 Å². The van der Waals surface area contributed by atoms with Gasteiger partial charge in [0.05, 0.1) is 24.4 Å². The highest BCUT2D eigenvalue weighted by molar-refractivity contribution is 6.74. The molecule has 1 fully saturated rings. The molecule has 4 heteroatoms. The largest absolute Gasteiger partial charge is 0.415 e. The van der Waals surface area contributed by atoms with E-state index in [1.54, 1.807) is 0 Å². The van der Waals surface area contributed by atoms with Crippen LogP contribution in [0, 0.1) is 0 Å². The van der Waals surface area contributed by atoms with Gasteiger partial charge in [-0.1, -0.05) is 81.4 Å². The Morgan fingerprint density at radius 1 is 1.00 bits per heavy atom. The molecule has 0 saturated carbocycles. The smallest absolute Gasteiger partial charge is 0.192 e. The standard InChI is InChI=1S/C26H36N2OSi/c1-26(2,3)30(4,5)29-19-23(20-13-8-6-9-14-20)28-22-17-12-18-24(28)27-25(22)21-15-10-7-11-16-21/h6-11,13-16,22-24H,12,17-19H2,1-5H3/t22-,23-,24+/m0/s1. The molecule has 0 unspecified atom stereocenters. The fraction of sp³-hybridized carbons (Fsp3) is 0.500. The Morgan fingerprint density at radius 2 is 1.63 bits per heavy atom. The Kier molecular flexibility index (Phi) is 6.02. The van der Waals surface area contributed by atoms with E-state index in [1.807, 2.05) is 0 Å². The van der Waals surface area contributed by atoms with Crippen molar-refractivity contribution >= 4 is 14.0 Å². The van der Waals surface area contributed by atoms with Crippen LogP contribution in [-0.4, -0.2) is 37.7 Å². The van der Waals surface area contributed by atoms with E-state index in [9.17, 15) is 0 Å². The maximum Gasteiger partial charge on any atom is 0.192 e. The molecule has 3 atom stereocenters. The van der Waals surface area contributed by atoms with Crippen molar-refractivity contribution in [3.63, 3.8) is 0 Å². The summed E-state index contributed by atoms with van der Waals surface area (Å²) in [4.78, 5) is 7.90. The molecule has 2 aliphatic heterocycles. The number of piperidine rings is 1. The van der Waals surface area contributed by atoms with Crippen LogP contribution in [0.3, 0.4) is 0 Å². The molecule has 1 saturated heterocycles. The third-order valence-electron chi connectivity index (χ3n) is 7.27. The van der Waals surface area contributed by atoms with Crippen molar-refractivity contribution in [3.05, 3.63) is 71.8 Å². The van der Waals surface area contributed by atoms with Crippen LogP contribution in [-0.2, 0) is 4.43 Å². The maximum absolute atomic E-state index is 6.78. The van der Waals surface area contributed by atoms with Crippen molar-refractivity contribution in [3.8, 4) is 0 Å². The van der Waals surface area contributed by atoms with Gasteiger partial charge in [0.2, 0.25) is 0 Å². The minimum Gasteiger partial charge on any atom is -0.415 e. The Labute approximate surface area is 183 Å². The van der Waals surface area contributed by atoms with Gasteiger partial charge in [-0.05, 0) is 48.5 Å². The summed E-state index contributed by atoms with van der Waals surface area (Å²) in [6.45, 7) is 12.4. The van der Waals surface area contributed by atoms with Crippen molar-refractivity contribution < 1.29 is 4.43 Å². The molecule has 3 nitrogen and oxygen atoms in total. The molecule has 2 bridgehead atoms. The van der Waals surface area contributed by atoms with Crippen LogP contribution in [0.1, 0.15) is 57.2 Å². The van der Waals surface area contributed by atoms with E-state index in [0.717, 1.165) is 13.0 Å². The van der Waals surface area contributed by atoms with E-state index in [-0.39, 0.29) is 17.2 Å². The van der Waals surface area contributed by atoms with Crippen LogP contribution in [0.5, 0.6) is 0 Å². The average Bonchev–Trinajstić information content (AvgIpc) is 2.93. The van der Waals surface area contributed by atoms with Crippen molar-refractivity contribution in [2.24, 2.45) is 4.99 Å². The van der Waals surface area contributed by atoms with E-state index in [1.165, 1.54) is 29.7 Å². The molecular weight excluding hydrogens is 384 g/mol. The lowest BCUT2D eigenvalue weighted by Crippen LogP contribution is -2.49. The van der Waals surface area contributed by atoms with Gasteiger partial charge >= 0.3 is 0 Å². The van der Waals surface area contributed by atoms with Crippen molar-refractivity contribution in [1.29, 1.82) is 0 Å². The summed E-state index contributed by atoms with van der Waals surface area (Å²) in [5.74, 6) is 0. The van der Waals surface area contributed by atoms with Crippen LogP contribution in [0.4, 0.5) is 0 Å². The Hall–Kier alpha value is -1.75. The van der Waals surface area contributed by atoms with Gasteiger partial charge in [0.25, 0.3) is 0 Å². The highest BCUT2D eigenvalue weighted by Crippen LogP contribution is 2.42. The number of nitrogens with zero attached hydrogens (tertiary/aromatic N) is 2. The van der Waals surface area contributed by atoms with Gasteiger partial charge in [-0.3, -0.25) is 9.89 Å². The summed E-state index contributed by atoms with van der Waals surface area (Å²) in [5, 5.41) is 0.209. The van der Waals surface area contributed by atoms with Crippen LogP contribution < -0.4 is 0 Å². The fourth-order valence-electron chi connectivity index (χ4n) is 4.49. The van der Waals surface area contributed by atoms with Crippen LogP contribution in [0.2, 0.25) is 18.1 Å². The molecule has 0 aromatic heterocycles. The molecule has 0 spiro atoms. The number of rotatable bonds is 6. The number of hydrogen-bond acceptors (Lipinski definition) is 3. The third kappa shape index (κ3) is 4.18. The Bertz CT molecular complexity index is 873. The van der Waals surface area contributed by atoms with Gasteiger partial charge in [-0.15, -0.1) is 0 Å². The number of aliphatic imine (C=N–C) groups is 1. The molecular formula is C26H36N2OSi. The molecule has 0 aliphatic carbocycles. The number of fused-ring (bicyclic) bond motifs is 2. The maximum atomic E-state index is 6.78. The number of hydrogen-bond donors (Lipinski definition) is 0. The highest BCUT2D eigenvalue weighted by Gasteiger charge is 2.45. The molecule has 30 heavy (non-hydrogen) atoms. The Morgan fingerprint density at radius 3 is 2.27 bits per heavy atom. The second-order valence-electron chi connectivity index (χ2n) is 10.3. The molecule has 0 amide bonds. The first-order valence-corrected chi connectivity index (χ1v) is 14.3. The van der Waals surface area contributed by atoms with Gasteiger partial charge in [0.15, 0.2) is 8.32 Å². The summed E-state index contributed by atoms with van der Waals surface area (Å²) in [6.07, 6.45) is 3.81. The SMILES string of the molecule is CC(C)(C)[Si](C)(C)OC[C@@H](c1ccccc1)N1[C@@H]2CCC[C@H]1C(c1ccccc1)=N2. The third-order valence-corrected chi connectivity index (χ3v) is 11.8. The zero-order valence-corrected chi connectivity index (χ0v) is 20.1. The quantitative estimate of drug-likeness (QED) is 0.503. The van der Waals surface area contributed by atoms with Crippen molar-refractivity contribution in [1.82, 2.24) is 4.90 Å². The van der Waals surface area contributed by atoms with Crippen LogP contribution >= 0.6 is 0 Å². The van der Waals surface area contributed by atoms with E-state index < -0.39 is 8.32 Å². The summed E-state index contributed by atoms with van der Waals surface area (Å²) in [7, 11) is -1.83. The lowest BCUT2D eigenvalue weighted by molar-refractivity contribution is 0.0563. The predicted octanol–water partition coefficient (Wildman–Crippen LogP) is 6.43. The minimum absolute atomic E-state index is 0.209. The van der Waals surface area contributed by atoms with Gasteiger partial charge in [0.1, 0.15) is 6.17 Å². The molecule has 2 heterocycles. The van der Waals surface area contributed by atoms with Crippen LogP contribution in [0.25, 0.3) is 0 Å². The topological polar surface area (TPSA) is 24.8 Å². The molecule has 2 aliphatic rings. The second kappa shape index (κ2) is 8.41. The molecule has 0 radical (unpaired) electrons. The lowest BCUT2D eigenvalue weighted by Gasteiger charge is -2.43. The zero-order chi connectivity index (χ0) is 21.4. The predicted molar refractivity (Wildman–Crippen MR) is 129 cm³/mol. The van der Waals surface area contributed by atoms with E-state index in [2.05, 4.69) is 99.4 Å². The average molecular weight is 421 g/mol. The van der Waals surface area contributed by atoms with Crippen molar-refractivity contribution in [2.45, 2.75) is 76.4 Å². The minimum atomic E-state index is -1.83. The summed E-state index contributed by atoms with van der Waals surface area (Å²) < 4.78 is 6.78. The molecule has 0 N–H and O–H groups in total. The Balaban J connectivity index is 1.65. The first kappa shape index (κ1) is 21.5. The summed E-state index contributed by atoms with van der Waals surface area (Å²) >= 11 is 0. The molecule has 160 valence electrons. The fourth-order valence-corrected chi connectivity index (χ4v) is 5.50. The van der Waals surface area contributed by atoms with E-state index in [4.69, 9.17) is 9.42 Å². The lowest BCUT2D eigenvalue weighted by atomic mass is 9.92.